The van der Waals surface area contributed by atoms with Gasteiger partial charge in [0.1, 0.15) is 17.1 Å². The molecule has 0 bridgehead atoms. The van der Waals surface area contributed by atoms with Crippen LogP contribution in [0.1, 0.15) is 42.1 Å². The normalized spacial score (nSPS) is 17.0. The second-order valence-corrected chi connectivity index (χ2v) is 8.18. The fraction of sp³-hybridized carbons (Fsp3) is 0.375. The number of nitrogens with one attached hydrogen (secondary N) is 1. The number of anilines is 1. The lowest BCUT2D eigenvalue weighted by atomic mass is 9.82. The molecule has 0 atom stereocenters. The molecule has 7 heteroatoms. The molecule has 0 aliphatic carbocycles. The minimum Gasteiger partial charge on any atom is -0.497 e. The van der Waals surface area contributed by atoms with Crippen molar-refractivity contribution in [3.8, 4) is 11.5 Å². The SMILES string of the molecule is COc1ccc2c(c1)C(=O)CC1(CCN(C(=O)Cc3ccc(NC(C)=O)cc3)CC1)O2. The summed E-state index contributed by atoms with van der Waals surface area (Å²) in [6.45, 7) is 2.57. The van der Waals surface area contributed by atoms with Gasteiger partial charge in [-0.3, -0.25) is 14.4 Å². The van der Waals surface area contributed by atoms with E-state index in [1.165, 1.54) is 6.92 Å². The Labute approximate surface area is 181 Å². The summed E-state index contributed by atoms with van der Waals surface area (Å²) in [6, 6.07) is 12.6. The molecule has 2 heterocycles. The molecule has 2 aromatic rings. The molecule has 162 valence electrons. The van der Waals surface area contributed by atoms with Crippen LogP contribution in [-0.4, -0.2) is 48.3 Å². The predicted molar refractivity (Wildman–Crippen MR) is 116 cm³/mol. The van der Waals surface area contributed by atoms with E-state index in [1.807, 2.05) is 17.0 Å². The number of Topliss-reactive ketones (excluding diaryl/α,β-unsaturated/α-hetero) is 1. The van der Waals surface area contributed by atoms with Crippen LogP contribution in [0.4, 0.5) is 5.69 Å². The van der Waals surface area contributed by atoms with Gasteiger partial charge in [0, 0.05) is 38.5 Å². The molecular weight excluding hydrogens is 396 g/mol. The average molecular weight is 422 g/mol. The van der Waals surface area contributed by atoms with Crippen LogP contribution in [0.25, 0.3) is 0 Å². The predicted octanol–water partition coefficient (Wildman–Crippen LogP) is 3.22. The largest absolute Gasteiger partial charge is 0.497 e. The maximum absolute atomic E-state index is 12.8. The number of piperidine rings is 1. The summed E-state index contributed by atoms with van der Waals surface area (Å²) in [6.07, 6.45) is 1.87. The van der Waals surface area contributed by atoms with Crippen LogP contribution in [0.3, 0.4) is 0 Å². The number of hydrogen-bond acceptors (Lipinski definition) is 5. The summed E-state index contributed by atoms with van der Waals surface area (Å²) in [5, 5.41) is 2.72. The lowest BCUT2D eigenvalue weighted by molar-refractivity contribution is -0.134. The summed E-state index contributed by atoms with van der Waals surface area (Å²) in [5.74, 6) is 1.21. The number of ether oxygens (including phenoxy) is 2. The topological polar surface area (TPSA) is 84.9 Å². The summed E-state index contributed by atoms with van der Waals surface area (Å²) in [4.78, 5) is 38.5. The Balaban J connectivity index is 1.36. The number of carbonyl (C=O) groups excluding carboxylic acids is 3. The van der Waals surface area contributed by atoms with Gasteiger partial charge in [-0.2, -0.15) is 0 Å². The highest BCUT2D eigenvalue weighted by Crippen LogP contribution is 2.40. The molecule has 0 saturated carbocycles. The molecule has 4 rings (SSSR count). The van der Waals surface area contributed by atoms with Crippen LogP contribution in [0.5, 0.6) is 11.5 Å². The van der Waals surface area contributed by atoms with Crippen molar-refractivity contribution in [3.05, 3.63) is 53.6 Å². The first-order chi connectivity index (χ1) is 14.9. The standard InChI is InChI=1S/C24H26N2O5/c1-16(27)25-18-5-3-17(4-6-18)13-23(29)26-11-9-24(10-12-26)15-21(28)20-14-19(30-2)7-8-22(20)31-24/h3-8,14H,9-13,15H2,1-2H3,(H,25,27). The molecule has 31 heavy (non-hydrogen) atoms. The Morgan fingerprint density at radius 1 is 1.13 bits per heavy atom. The average Bonchev–Trinajstić information content (AvgIpc) is 2.75. The summed E-state index contributed by atoms with van der Waals surface area (Å²) < 4.78 is 11.5. The Morgan fingerprint density at radius 2 is 1.84 bits per heavy atom. The fourth-order valence-corrected chi connectivity index (χ4v) is 4.24. The first-order valence-corrected chi connectivity index (χ1v) is 10.4. The monoisotopic (exact) mass is 422 g/mol. The number of amides is 2. The number of benzene rings is 2. The number of carbonyl (C=O) groups is 3. The van der Waals surface area contributed by atoms with E-state index in [2.05, 4.69) is 5.32 Å². The first kappa shape index (κ1) is 20.9. The lowest BCUT2D eigenvalue weighted by Gasteiger charge is -2.44. The zero-order valence-electron chi connectivity index (χ0n) is 17.8. The van der Waals surface area contributed by atoms with Gasteiger partial charge in [-0.15, -0.1) is 0 Å². The summed E-state index contributed by atoms with van der Waals surface area (Å²) in [5.41, 5.74) is 1.62. The lowest BCUT2D eigenvalue weighted by Crippen LogP contribution is -2.52. The van der Waals surface area contributed by atoms with Crippen molar-refractivity contribution in [3.63, 3.8) is 0 Å². The van der Waals surface area contributed by atoms with Crippen LogP contribution < -0.4 is 14.8 Å². The second-order valence-electron chi connectivity index (χ2n) is 8.18. The second kappa shape index (κ2) is 8.41. The molecule has 1 fully saturated rings. The first-order valence-electron chi connectivity index (χ1n) is 10.4. The van der Waals surface area contributed by atoms with Crippen molar-refractivity contribution in [2.24, 2.45) is 0 Å². The van der Waals surface area contributed by atoms with Gasteiger partial charge < -0.3 is 19.7 Å². The molecule has 2 aromatic carbocycles. The van der Waals surface area contributed by atoms with E-state index in [9.17, 15) is 14.4 Å². The van der Waals surface area contributed by atoms with E-state index in [-0.39, 0.29) is 17.6 Å². The molecule has 0 unspecified atom stereocenters. The maximum atomic E-state index is 12.8. The number of nitrogens with zero attached hydrogens (tertiary/aromatic N) is 1. The Morgan fingerprint density at radius 3 is 2.48 bits per heavy atom. The smallest absolute Gasteiger partial charge is 0.226 e. The molecule has 2 aliphatic heterocycles. The van der Waals surface area contributed by atoms with Crippen LogP contribution in [0.15, 0.2) is 42.5 Å². The van der Waals surface area contributed by atoms with Gasteiger partial charge in [0.15, 0.2) is 5.78 Å². The Bertz CT molecular complexity index is 1010. The van der Waals surface area contributed by atoms with Gasteiger partial charge in [0.25, 0.3) is 0 Å². The number of fused-ring (bicyclic) bond motifs is 1. The van der Waals surface area contributed by atoms with Crippen molar-refractivity contribution < 1.29 is 23.9 Å². The fourth-order valence-electron chi connectivity index (χ4n) is 4.24. The molecule has 0 aromatic heterocycles. The highest BCUT2D eigenvalue weighted by Gasteiger charge is 2.43. The quantitative estimate of drug-likeness (QED) is 0.818. The number of likely N-dealkylation sites (tertiary alicyclic amines) is 1. The van der Waals surface area contributed by atoms with Gasteiger partial charge in [-0.05, 0) is 35.9 Å². The van der Waals surface area contributed by atoms with Gasteiger partial charge in [-0.25, -0.2) is 0 Å². The van der Waals surface area contributed by atoms with E-state index in [0.717, 1.165) is 5.56 Å². The molecule has 0 radical (unpaired) electrons. The third-order valence-corrected chi connectivity index (χ3v) is 5.95. The highest BCUT2D eigenvalue weighted by molar-refractivity contribution is 6.00. The van der Waals surface area contributed by atoms with Crippen LogP contribution in [0, 0.1) is 0 Å². The third-order valence-electron chi connectivity index (χ3n) is 5.95. The molecule has 1 saturated heterocycles. The molecule has 1 spiro atoms. The molecule has 2 amide bonds. The van der Waals surface area contributed by atoms with Gasteiger partial charge >= 0.3 is 0 Å². The van der Waals surface area contributed by atoms with E-state index in [4.69, 9.17) is 9.47 Å². The zero-order valence-corrected chi connectivity index (χ0v) is 17.8. The number of methoxy groups -OCH3 is 1. The van der Waals surface area contributed by atoms with Crippen molar-refractivity contribution in [1.82, 2.24) is 4.90 Å². The molecule has 2 aliphatic rings. The van der Waals surface area contributed by atoms with E-state index >= 15 is 0 Å². The Kier molecular flexibility index (Phi) is 5.67. The summed E-state index contributed by atoms with van der Waals surface area (Å²) in [7, 11) is 1.57. The number of hydrogen-bond donors (Lipinski definition) is 1. The van der Waals surface area contributed by atoms with Crippen molar-refractivity contribution in [2.75, 3.05) is 25.5 Å². The van der Waals surface area contributed by atoms with E-state index in [1.54, 1.807) is 37.4 Å². The number of ketones is 1. The minimum atomic E-state index is -0.546. The third kappa shape index (κ3) is 4.55. The highest BCUT2D eigenvalue weighted by atomic mass is 16.5. The number of rotatable bonds is 4. The van der Waals surface area contributed by atoms with Crippen molar-refractivity contribution in [1.29, 1.82) is 0 Å². The zero-order chi connectivity index (χ0) is 22.0. The molecule has 1 N–H and O–H groups in total. The van der Waals surface area contributed by atoms with Crippen LogP contribution in [-0.2, 0) is 16.0 Å². The van der Waals surface area contributed by atoms with Gasteiger partial charge in [-0.1, -0.05) is 12.1 Å². The summed E-state index contributed by atoms with van der Waals surface area (Å²) >= 11 is 0. The van der Waals surface area contributed by atoms with Crippen LogP contribution >= 0.6 is 0 Å². The Hall–Kier alpha value is -3.35. The van der Waals surface area contributed by atoms with Gasteiger partial charge in [0.05, 0.1) is 25.5 Å². The van der Waals surface area contributed by atoms with Crippen molar-refractivity contribution >= 4 is 23.3 Å². The van der Waals surface area contributed by atoms with Crippen molar-refractivity contribution in [2.45, 2.75) is 38.2 Å². The van der Waals surface area contributed by atoms with Crippen LogP contribution in [0.2, 0.25) is 0 Å². The van der Waals surface area contributed by atoms with E-state index in [0.29, 0.717) is 61.5 Å². The van der Waals surface area contributed by atoms with Gasteiger partial charge in [0.2, 0.25) is 11.8 Å². The van der Waals surface area contributed by atoms with E-state index < -0.39 is 5.60 Å². The minimum absolute atomic E-state index is 0.0504. The molecule has 7 nitrogen and oxygen atoms in total. The molecular formula is C24H26N2O5. The maximum Gasteiger partial charge on any atom is 0.226 e.